The number of nitrogens with one attached hydrogen (secondary N) is 2. The normalized spacial score (nSPS) is 12.5. The number of nitrogens with zero attached hydrogens (tertiary/aromatic N) is 2. The molecule has 2 N–H and O–H groups in total. The van der Waals surface area contributed by atoms with Crippen molar-refractivity contribution in [1.29, 1.82) is 0 Å². The third-order valence-electron chi connectivity index (χ3n) is 3.71. The van der Waals surface area contributed by atoms with Crippen molar-refractivity contribution in [2.45, 2.75) is 19.9 Å². The first kappa shape index (κ1) is 16.7. The number of hydrogen-bond acceptors (Lipinski definition) is 3. The first-order valence-corrected chi connectivity index (χ1v) is 8.28. The highest BCUT2D eigenvalue weighted by Crippen LogP contribution is 2.24. The van der Waals surface area contributed by atoms with Gasteiger partial charge < -0.3 is 10.3 Å². The molecule has 5 nitrogen and oxygen atoms in total. The van der Waals surface area contributed by atoms with E-state index in [9.17, 15) is 4.79 Å². The number of carbonyl (C=O) groups is 1. The first-order chi connectivity index (χ1) is 11.5. The molecular formula is C17H16Cl2N4O. The maximum absolute atomic E-state index is 12.5. The van der Waals surface area contributed by atoms with E-state index >= 15 is 0 Å². The molecule has 124 valence electrons. The van der Waals surface area contributed by atoms with Crippen LogP contribution in [0.1, 0.15) is 36.1 Å². The number of carbonyl (C=O) groups excluding carboxylic acids is 1. The number of imidazole rings is 1. The molecule has 3 rings (SSSR count). The summed E-state index contributed by atoms with van der Waals surface area (Å²) in [6, 6.07) is 8.99. The predicted molar refractivity (Wildman–Crippen MR) is 95.4 cm³/mol. The Bertz CT molecular complexity index is 858. The topological polar surface area (TPSA) is 70.7 Å². The second kappa shape index (κ2) is 6.79. The van der Waals surface area contributed by atoms with Gasteiger partial charge in [-0.25, -0.2) is 9.97 Å². The zero-order chi connectivity index (χ0) is 17.3. The molecule has 3 aromatic rings. The van der Waals surface area contributed by atoms with E-state index in [1.54, 1.807) is 0 Å². The van der Waals surface area contributed by atoms with E-state index in [4.69, 9.17) is 23.2 Å². The SMILES string of the molecule is CC(C)C(NC(=O)c1cnc(Cl)c(Cl)c1)c1nc2ccccc2[nH]1. The van der Waals surface area contributed by atoms with Crippen molar-refractivity contribution in [2.75, 3.05) is 0 Å². The van der Waals surface area contributed by atoms with Gasteiger partial charge in [-0.2, -0.15) is 0 Å². The Kier molecular flexibility index (Phi) is 4.73. The van der Waals surface area contributed by atoms with Crippen LogP contribution in [0.15, 0.2) is 36.5 Å². The Morgan fingerprint density at radius 3 is 2.67 bits per heavy atom. The van der Waals surface area contributed by atoms with E-state index in [0.717, 1.165) is 11.0 Å². The summed E-state index contributed by atoms with van der Waals surface area (Å²) >= 11 is 11.7. The van der Waals surface area contributed by atoms with Gasteiger partial charge in [0.2, 0.25) is 0 Å². The number of pyridine rings is 1. The summed E-state index contributed by atoms with van der Waals surface area (Å²) in [5, 5.41) is 3.40. The smallest absolute Gasteiger partial charge is 0.253 e. The first-order valence-electron chi connectivity index (χ1n) is 7.52. The van der Waals surface area contributed by atoms with Crippen molar-refractivity contribution in [3.63, 3.8) is 0 Å². The lowest BCUT2D eigenvalue weighted by Crippen LogP contribution is -2.32. The van der Waals surface area contributed by atoms with Gasteiger partial charge in [0.15, 0.2) is 0 Å². The molecule has 2 aromatic heterocycles. The van der Waals surface area contributed by atoms with Crippen LogP contribution in [-0.4, -0.2) is 20.9 Å². The molecule has 1 aromatic carbocycles. The summed E-state index contributed by atoms with van der Waals surface area (Å²) in [6.07, 6.45) is 1.40. The van der Waals surface area contributed by atoms with E-state index in [2.05, 4.69) is 20.3 Å². The van der Waals surface area contributed by atoms with Gasteiger partial charge in [0.25, 0.3) is 5.91 Å². The average Bonchev–Trinajstić information content (AvgIpc) is 2.98. The van der Waals surface area contributed by atoms with Crippen molar-refractivity contribution in [3.05, 3.63) is 58.1 Å². The number of fused-ring (bicyclic) bond motifs is 1. The Labute approximate surface area is 149 Å². The van der Waals surface area contributed by atoms with Crippen LogP contribution < -0.4 is 5.32 Å². The van der Waals surface area contributed by atoms with Gasteiger partial charge in [0.05, 0.1) is 27.7 Å². The number of H-pyrrole nitrogens is 1. The van der Waals surface area contributed by atoms with E-state index in [-0.39, 0.29) is 28.0 Å². The summed E-state index contributed by atoms with van der Waals surface area (Å²) in [6.45, 7) is 4.04. The van der Waals surface area contributed by atoms with E-state index in [0.29, 0.717) is 11.4 Å². The van der Waals surface area contributed by atoms with Gasteiger partial charge in [-0.1, -0.05) is 49.2 Å². The third-order valence-corrected chi connectivity index (χ3v) is 4.40. The van der Waals surface area contributed by atoms with Crippen molar-refractivity contribution in [3.8, 4) is 0 Å². The Hall–Kier alpha value is -2.11. The molecule has 0 aliphatic heterocycles. The number of para-hydroxylation sites is 2. The minimum atomic E-state index is -0.278. The van der Waals surface area contributed by atoms with Crippen LogP contribution in [0.25, 0.3) is 11.0 Å². The highest BCUT2D eigenvalue weighted by atomic mass is 35.5. The summed E-state index contributed by atoms with van der Waals surface area (Å²) < 4.78 is 0. The maximum Gasteiger partial charge on any atom is 0.253 e. The molecule has 0 saturated heterocycles. The van der Waals surface area contributed by atoms with E-state index in [1.807, 2.05) is 38.1 Å². The molecule has 0 aliphatic rings. The second-order valence-electron chi connectivity index (χ2n) is 5.83. The van der Waals surface area contributed by atoms with Crippen LogP contribution in [0.2, 0.25) is 10.2 Å². The molecule has 0 spiro atoms. The average molecular weight is 363 g/mol. The number of rotatable bonds is 4. The van der Waals surface area contributed by atoms with Gasteiger partial charge in [-0.3, -0.25) is 4.79 Å². The second-order valence-corrected chi connectivity index (χ2v) is 6.60. The molecule has 0 saturated carbocycles. The highest BCUT2D eigenvalue weighted by molar-refractivity contribution is 6.41. The Morgan fingerprint density at radius 2 is 2.00 bits per heavy atom. The standard InChI is InChI=1S/C17H16Cl2N4O/c1-9(2)14(16-21-12-5-3-4-6-13(12)22-16)23-17(24)10-7-11(18)15(19)20-8-10/h3-9,14H,1-2H3,(H,21,22)(H,23,24). The van der Waals surface area contributed by atoms with Gasteiger partial charge in [-0.05, 0) is 24.1 Å². The van der Waals surface area contributed by atoms with Gasteiger partial charge in [-0.15, -0.1) is 0 Å². The lowest BCUT2D eigenvalue weighted by atomic mass is 10.0. The van der Waals surface area contributed by atoms with E-state index in [1.165, 1.54) is 12.3 Å². The maximum atomic E-state index is 12.5. The number of amides is 1. The molecule has 2 heterocycles. The fraction of sp³-hybridized carbons (Fsp3) is 0.235. The largest absolute Gasteiger partial charge is 0.342 e. The minimum Gasteiger partial charge on any atom is -0.342 e. The van der Waals surface area contributed by atoms with Crippen LogP contribution in [0.3, 0.4) is 0 Å². The molecule has 0 bridgehead atoms. The summed E-state index contributed by atoms with van der Waals surface area (Å²) in [5.41, 5.74) is 2.15. The van der Waals surface area contributed by atoms with Crippen LogP contribution in [0, 0.1) is 5.92 Å². The number of aromatic amines is 1. The van der Waals surface area contributed by atoms with Gasteiger partial charge in [0.1, 0.15) is 11.0 Å². The van der Waals surface area contributed by atoms with Crippen molar-refractivity contribution < 1.29 is 4.79 Å². The Morgan fingerprint density at radius 1 is 1.25 bits per heavy atom. The number of aromatic nitrogens is 3. The summed E-state index contributed by atoms with van der Waals surface area (Å²) in [7, 11) is 0. The minimum absolute atomic E-state index is 0.144. The Balaban J connectivity index is 1.88. The number of hydrogen-bond donors (Lipinski definition) is 2. The predicted octanol–water partition coefficient (Wildman–Crippen LogP) is 4.39. The highest BCUT2D eigenvalue weighted by Gasteiger charge is 2.23. The van der Waals surface area contributed by atoms with Crippen LogP contribution in [0.5, 0.6) is 0 Å². The van der Waals surface area contributed by atoms with Gasteiger partial charge in [0, 0.05) is 6.20 Å². The van der Waals surface area contributed by atoms with Crippen LogP contribution in [0.4, 0.5) is 0 Å². The lowest BCUT2D eigenvalue weighted by molar-refractivity contribution is 0.0923. The van der Waals surface area contributed by atoms with Crippen molar-refractivity contribution in [2.24, 2.45) is 5.92 Å². The zero-order valence-corrected chi connectivity index (χ0v) is 14.7. The fourth-order valence-corrected chi connectivity index (χ4v) is 2.71. The zero-order valence-electron chi connectivity index (χ0n) is 13.2. The fourth-order valence-electron chi connectivity index (χ4n) is 2.44. The molecule has 0 radical (unpaired) electrons. The molecule has 7 heteroatoms. The molecule has 0 aliphatic carbocycles. The van der Waals surface area contributed by atoms with Crippen LogP contribution >= 0.6 is 23.2 Å². The molecular weight excluding hydrogens is 347 g/mol. The molecule has 0 fully saturated rings. The summed E-state index contributed by atoms with van der Waals surface area (Å²) in [4.78, 5) is 24.3. The van der Waals surface area contributed by atoms with Crippen molar-refractivity contribution >= 4 is 40.1 Å². The molecule has 1 amide bonds. The number of halogens is 2. The third kappa shape index (κ3) is 3.37. The monoisotopic (exact) mass is 362 g/mol. The van der Waals surface area contributed by atoms with Crippen molar-refractivity contribution in [1.82, 2.24) is 20.3 Å². The quantitative estimate of drug-likeness (QED) is 0.676. The summed E-state index contributed by atoms with van der Waals surface area (Å²) in [5.74, 6) is 0.582. The number of benzene rings is 1. The molecule has 1 unspecified atom stereocenters. The lowest BCUT2D eigenvalue weighted by Gasteiger charge is -2.20. The van der Waals surface area contributed by atoms with E-state index < -0.39 is 0 Å². The van der Waals surface area contributed by atoms with Gasteiger partial charge >= 0.3 is 0 Å². The molecule has 24 heavy (non-hydrogen) atoms. The van der Waals surface area contributed by atoms with Crippen LogP contribution in [-0.2, 0) is 0 Å². The molecule has 1 atom stereocenters.